The van der Waals surface area contributed by atoms with Gasteiger partial charge in [-0.1, -0.05) is 17.3 Å². The zero-order chi connectivity index (χ0) is 24.4. The van der Waals surface area contributed by atoms with Crippen molar-refractivity contribution in [3.8, 4) is 17.0 Å². The van der Waals surface area contributed by atoms with Crippen molar-refractivity contribution in [3.05, 3.63) is 77.2 Å². The van der Waals surface area contributed by atoms with Crippen LogP contribution in [0.25, 0.3) is 22.4 Å². The molecule has 35 heavy (non-hydrogen) atoms. The Kier molecular flexibility index (Phi) is 6.46. The molecule has 5 rings (SSSR count). The molecule has 0 spiro atoms. The van der Waals surface area contributed by atoms with Gasteiger partial charge in [0.1, 0.15) is 11.6 Å². The van der Waals surface area contributed by atoms with Crippen LogP contribution in [0.15, 0.2) is 59.1 Å². The number of pyridine rings is 1. The number of halogens is 1. The first kappa shape index (κ1) is 23.0. The highest BCUT2D eigenvalue weighted by atomic mass is 19.1. The molecule has 1 fully saturated rings. The van der Waals surface area contributed by atoms with Crippen molar-refractivity contribution < 1.29 is 18.4 Å². The van der Waals surface area contributed by atoms with Gasteiger partial charge in [0.2, 0.25) is 0 Å². The zero-order valence-corrected chi connectivity index (χ0v) is 19.8. The predicted molar refractivity (Wildman–Crippen MR) is 131 cm³/mol. The molecule has 3 heterocycles. The first-order chi connectivity index (χ1) is 17.0. The summed E-state index contributed by atoms with van der Waals surface area (Å²) in [5.41, 5.74) is 3.97. The molecule has 0 atom stereocenters. The highest BCUT2D eigenvalue weighted by molar-refractivity contribution is 6.07. The summed E-state index contributed by atoms with van der Waals surface area (Å²) in [5, 5.41) is 4.65. The van der Waals surface area contributed by atoms with Crippen LogP contribution in [-0.2, 0) is 6.42 Å². The number of nitrogens with zero attached hydrogens (tertiary/aromatic N) is 4. The van der Waals surface area contributed by atoms with E-state index < -0.39 is 0 Å². The number of carbonyl (C=O) groups excluding carboxylic acids is 1. The number of hydrogen-bond donors (Lipinski definition) is 0. The Morgan fingerprint density at radius 1 is 1.06 bits per heavy atom. The lowest BCUT2D eigenvalue weighted by Crippen LogP contribution is -2.49. The normalized spacial score (nSPS) is 14.4. The molecule has 0 bridgehead atoms. The Balaban J connectivity index is 1.29. The van der Waals surface area contributed by atoms with Crippen LogP contribution in [0.2, 0.25) is 0 Å². The van der Waals surface area contributed by atoms with Crippen LogP contribution < -0.4 is 4.74 Å². The number of hydrogen-bond acceptors (Lipinski definition) is 6. The molecule has 7 nitrogen and oxygen atoms in total. The van der Waals surface area contributed by atoms with E-state index in [9.17, 15) is 9.18 Å². The van der Waals surface area contributed by atoms with Gasteiger partial charge >= 0.3 is 0 Å². The van der Waals surface area contributed by atoms with Crippen LogP contribution in [0.3, 0.4) is 0 Å². The standard InChI is InChI=1S/C27H27FN4O3/c1-18-25-23(17-24(29-26(25)35-30-18)20-5-7-21(28)8-6-20)27(33)32-15-13-31(14-16-32)12-11-19-3-9-22(34-2)10-4-19/h3-10,17H,11-16H2,1-2H3. The Labute approximate surface area is 203 Å². The van der Waals surface area contributed by atoms with Crippen molar-refractivity contribution in [2.24, 2.45) is 0 Å². The molecule has 1 aliphatic rings. The third kappa shape index (κ3) is 4.88. The Morgan fingerprint density at radius 3 is 2.46 bits per heavy atom. The maximum Gasteiger partial charge on any atom is 0.259 e. The van der Waals surface area contributed by atoms with Crippen molar-refractivity contribution in [1.82, 2.24) is 19.9 Å². The van der Waals surface area contributed by atoms with Crippen LogP contribution in [0.4, 0.5) is 4.39 Å². The second kappa shape index (κ2) is 9.84. The van der Waals surface area contributed by atoms with E-state index in [2.05, 4.69) is 27.2 Å². The molecular weight excluding hydrogens is 447 g/mol. The summed E-state index contributed by atoms with van der Waals surface area (Å²) in [5.74, 6) is 0.463. The summed E-state index contributed by atoms with van der Waals surface area (Å²) in [6.45, 7) is 5.64. The molecule has 0 N–H and O–H groups in total. The van der Waals surface area contributed by atoms with Crippen molar-refractivity contribution in [2.75, 3.05) is 39.8 Å². The van der Waals surface area contributed by atoms with Crippen molar-refractivity contribution in [2.45, 2.75) is 13.3 Å². The highest BCUT2D eigenvalue weighted by Gasteiger charge is 2.26. The molecule has 1 amide bonds. The summed E-state index contributed by atoms with van der Waals surface area (Å²) < 4.78 is 24.0. The summed E-state index contributed by atoms with van der Waals surface area (Å²) in [7, 11) is 1.67. The van der Waals surface area contributed by atoms with Gasteiger partial charge in [0, 0.05) is 38.3 Å². The van der Waals surface area contributed by atoms with Crippen LogP contribution in [0, 0.1) is 12.7 Å². The topological polar surface area (TPSA) is 71.7 Å². The first-order valence-corrected chi connectivity index (χ1v) is 11.7. The average Bonchev–Trinajstić information content (AvgIpc) is 3.28. The van der Waals surface area contributed by atoms with E-state index in [0.717, 1.165) is 31.8 Å². The lowest BCUT2D eigenvalue weighted by Gasteiger charge is -2.35. The van der Waals surface area contributed by atoms with Crippen molar-refractivity contribution >= 4 is 17.0 Å². The third-order valence-corrected chi connectivity index (χ3v) is 6.52. The number of piperazine rings is 1. The quantitative estimate of drug-likeness (QED) is 0.414. The number of methoxy groups -OCH3 is 1. The number of amides is 1. The molecular formula is C27H27FN4O3. The molecule has 0 unspecified atom stereocenters. The Hall–Kier alpha value is -3.78. The summed E-state index contributed by atoms with van der Waals surface area (Å²) in [4.78, 5) is 22.4. The predicted octanol–water partition coefficient (Wildman–Crippen LogP) is 4.35. The highest BCUT2D eigenvalue weighted by Crippen LogP contribution is 2.28. The van der Waals surface area contributed by atoms with E-state index in [4.69, 9.17) is 9.26 Å². The Bertz CT molecular complexity index is 1330. The number of carbonyl (C=O) groups is 1. The van der Waals surface area contributed by atoms with Crippen molar-refractivity contribution in [1.29, 1.82) is 0 Å². The number of fused-ring (bicyclic) bond motifs is 1. The summed E-state index contributed by atoms with van der Waals surface area (Å²) in [6.07, 6.45) is 0.948. The van der Waals surface area contributed by atoms with E-state index in [-0.39, 0.29) is 11.7 Å². The zero-order valence-electron chi connectivity index (χ0n) is 19.8. The van der Waals surface area contributed by atoms with Gasteiger partial charge in [0.25, 0.3) is 11.6 Å². The SMILES string of the molecule is COc1ccc(CCN2CCN(C(=O)c3cc(-c4ccc(F)cc4)nc4onc(C)c34)CC2)cc1. The molecule has 0 saturated carbocycles. The van der Waals surface area contributed by atoms with Crippen LogP contribution in [0.5, 0.6) is 5.75 Å². The van der Waals surface area contributed by atoms with Gasteiger partial charge < -0.3 is 14.2 Å². The van der Waals surface area contributed by atoms with Gasteiger partial charge in [0.05, 0.1) is 29.4 Å². The fourth-order valence-electron chi connectivity index (χ4n) is 4.46. The van der Waals surface area contributed by atoms with Crippen LogP contribution in [-0.4, -0.2) is 65.7 Å². The van der Waals surface area contributed by atoms with Gasteiger partial charge in [-0.3, -0.25) is 9.69 Å². The lowest BCUT2D eigenvalue weighted by molar-refractivity contribution is 0.0640. The van der Waals surface area contributed by atoms with Gasteiger partial charge in [-0.25, -0.2) is 9.37 Å². The molecule has 4 aromatic rings. The molecule has 180 valence electrons. The molecule has 1 aliphatic heterocycles. The molecule has 0 aliphatic carbocycles. The fourth-order valence-corrected chi connectivity index (χ4v) is 4.46. The average molecular weight is 475 g/mol. The van der Waals surface area contributed by atoms with Crippen LogP contribution >= 0.6 is 0 Å². The van der Waals surface area contributed by atoms with E-state index >= 15 is 0 Å². The van der Waals surface area contributed by atoms with Gasteiger partial charge in [-0.2, -0.15) is 0 Å². The number of aromatic nitrogens is 2. The summed E-state index contributed by atoms with van der Waals surface area (Å²) >= 11 is 0. The monoisotopic (exact) mass is 474 g/mol. The van der Waals surface area contributed by atoms with Crippen molar-refractivity contribution in [3.63, 3.8) is 0 Å². The minimum absolute atomic E-state index is 0.0677. The maximum atomic E-state index is 13.6. The molecule has 8 heteroatoms. The fraction of sp³-hybridized carbons (Fsp3) is 0.296. The lowest BCUT2D eigenvalue weighted by atomic mass is 10.0. The largest absolute Gasteiger partial charge is 0.497 e. The second-order valence-electron chi connectivity index (χ2n) is 8.74. The number of benzene rings is 2. The van der Waals surface area contributed by atoms with Gasteiger partial charge in [-0.15, -0.1) is 0 Å². The third-order valence-electron chi connectivity index (χ3n) is 6.52. The van der Waals surface area contributed by atoms with Crippen LogP contribution in [0.1, 0.15) is 21.6 Å². The summed E-state index contributed by atoms with van der Waals surface area (Å²) in [6, 6.07) is 15.9. The molecule has 2 aromatic carbocycles. The smallest absolute Gasteiger partial charge is 0.259 e. The Morgan fingerprint density at radius 2 is 1.77 bits per heavy atom. The number of ether oxygens (including phenoxy) is 1. The van der Waals surface area contributed by atoms with Gasteiger partial charge in [-0.05, 0) is 61.4 Å². The molecule has 1 saturated heterocycles. The van der Waals surface area contributed by atoms with E-state index in [0.29, 0.717) is 46.7 Å². The van der Waals surface area contributed by atoms with E-state index in [1.165, 1.54) is 17.7 Å². The molecule has 0 radical (unpaired) electrons. The van der Waals surface area contributed by atoms with E-state index in [1.54, 1.807) is 32.2 Å². The molecule has 2 aromatic heterocycles. The maximum absolute atomic E-state index is 13.6. The minimum Gasteiger partial charge on any atom is -0.497 e. The second-order valence-corrected chi connectivity index (χ2v) is 8.74. The minimum atomic E-state index is -0.327. The number of rotatable bonds is 6. The number of aryl methyl sites for hydroxylation is 1. The van der Waals surface area contributed by atoms with Gasteiger partial charge in [0.15, 0.2) is 0 Å². The van der Waals surface area contributed by atoms with E-state index in [1.807, 2.05) is 17.0 Å². The first-order valence-electron chi connectivity index (χ1n) is 11.7.